The van der Waals surface area contributed by atoms with Crippen LogP contribution in [0, 0.1) is 6.92 Å². The molecule has 0 aliphatic carbocycles. The van der Waals surface area contributed by atoms with Gasteiger partial charge in [0.25, 0.3) is 0 Å². The summed E-state index contributed by atoms with van der Waals surface area (Å²) in [5.41, 5.74) is 0.987. The van der Waals surface area contributed by atoms with Gasteiger partial charge in [-0.25, -0.2) is 9.66 Å². The second kappa shape index (κ2) is 2.44. The van der Waals surface area contributed by atoms with E-state index in [1.54, 1.807) is 17.2 Å². The van der Waals surface area contributed by atoms with Crippen molar-refractivity contribution in [1.29, 1.82) is 0 Å². The number of hydrogen-bond donors (Lipinski definition) is 0. The fraction of sp³-hybridized carbons (Fsp3) is 0.333. The predicted molar refractivity (Wildman–Crippen MR) is 36.5 cm³/mol. The molecular formula is C6H9N3. The third kappa shape index (κ3) is 1.38. The number of nitrogens with zero attached hydrogens (tertiary/aromatic N) is 3. The van der Waals surface area contributed by atoms with Crippen molar-refractivity contribution in [3.8, 4) is 0 Å². The Morgan fingerprint density at radius 1 is 1.78 bits per heavy atom. The zero-order valence-corrected chi connectivity index (χ0v) is 5.57. The van der Waals surface area contributed by atoms with E-state index in [9.17, 15) is 0 Å². The van der Waals surface area contributed by atoms with Crippen LogP contribution in [0.4, 0.5) is 0 Å². The topological polar surface area (TPSA) is 30.2 Å². The van der Waals surface area contributed by atoms with Crippen molar-refractivity contribution in [1.82, 2.24) is 9.66 Å². The molecule has 0 amide bonds. The smallest absolute Gasteiger partial charge is 0.117 e. The highest BCUT2D eigenvalue weighted by atomic mass is 15.3. The molecule has 3 nitrogen and oxygen atoms in total. The van der Waals surface area contributed by atoms with Crippen molar-refractivity contribution in [3.63, 3.8) is 0 Å². The molecule has 0 radical (unpaired) electrons. The van der Waals surface area contributed by atoms with E-state index in [1.165, 1.54) is 0 Å². The summed E-state index contributed by atoms with van der Waals surface area (Å²) in [5, 5.41) is 3.96. The molecule has 3 heteroatoms. The summed E-state index contributed by atoms with van der Waals surface area (Å²) in [6, 6.07) is 0. The highest BCUT2D eigenvalue weighted by molar-refractivity contribution is 5.52. The molecule has 1 aromatic heterocycles. The Labute approximate surface area is 54.0 Å². The lowest BCUT2D eigenvalue weighted by Gasteiger charge is -1.84. The van der Waals surface area contributed by atoms with Crippen molar-refractivity contribution < 1.29 is 0 Å². The molecule has 0 saturated heterocycles. The van der Waals surface area contributed by atoms with Crippen LogP contribution in [0.5, 0.6) is 0 Å². The second-order valence-corrected chi connectivity index (χ2v) is 1.77. The summed E-state index contributed by atoms with van der Waals surface area (Å²) in [6.07, 6.45) is 5.26. The zero-order chi connectivity index (χ0) is 6.69. The van der Waals surface area contributed by atoms with Crippen molar-refractivity contribution in [2.24, 2.45) is 5.10 Å². The molecule has 1 heterocycles. The highest BCUT2D eigenvalue weighted by Gasteiger charge is 1.85. The lowest BCUT2D eigenvalue weighted by molar-refractivity contribution is 0.880. The van der Waals surface area contributed by atoms with Gasteiger partial charge in [-0.1, -0.05) is 0 Å². The largest absolute Gasteiger partial charge is 0.240 e. The quantitative estimate of drug-likeness (QED) is 0.513. The van der Waals surface area contributed by atoms with Gasteiger partial charge in [0.2, 0.25) is 0 Å². The zero-order valence-electron chi connectivity index (χ0n) is 5.57. The third-order valence-corrected chi connectivity index (χ3v) is 0.948. The van der Waals surface area contributed by atoms with Crippen LogP contribution in [0.25, 0.3) is 0 Å². The molecule has 1 rings (SSSR count). The summed E-state index contributed by atoms with van der Waals surface area (Å²) in [4.78, 5) is 3.98. The Balaban J connectivity index is 2.85. The molecule has 48 valence electrons. The number of aromatic nitrogens is 2. The van der Waals surface area contributed by atoms with E-state index >= 15 is 0 Å². The molecule has 0 aromatic carbocycles. The highest BCUT2D eigenvalue weighted by Crippen LogP contribution is 1.90. The fourth-order valence-electron chi connectivity index (χ4n) is 0.605. The molecule has 0 unspecified atom stereocenters. The average molecular weight is 123 g/mol. The van der Waals surface area contributed by atoms with Gasteiger partial charge in [-0.2, -0.15) is 5.10 Å². The summed E-state index contributed by atoms with van der Waals surface area (Å²) in [6.45, 7) is 3.80. The third-order valence-electron chi connectivity index (χ3n) is 0.948. The summed E-state index contributed by atoms with van der Waals surface area (Å²) in [5.74, 6) is 0. The Kier molecular flexibility index (Phi) is 1.63. The monoisotopic (exact) mass is 123 g/mol. The lowest BCUT2D eigenvalue weighted by atomic mass is 10.6. The molecule has 0 saturated carbocycles. The minimum Gasteiger partial charge on any atom is -0.240 e. The Bertz CT molecular complexity index is 212. The van der Waals surface area contributed by atoms with E-state index in [0.717, 1.165) is 5.69 Å². The number of imidazole rings is 1. The first kappa shape index (κ1) is 6.01. The predicted octanol–water partition coefficient (Wildman–Crippen LogP) is 1.05. The number of aryl methyl sites for hydroxylation is 1. The van der Waals surface area contributed by atoms with E-state index in [2.05, 4.69) is 10.1 Å². The van der Waals surface area contributed by atoms with E-state index in [1.807, 2.05) is 20.0 Å². The van der Waals surface area contributed by atoms with E-state index in [-0.39, 0.29) is 0 Å². The molecular weight excluding hydrogens is 114 g/mol. The standard InChI is InChI=1S/C6H9N3/c1-3-8-9-4-6(2)7-5-9/h3-5H,1-2H3. The van der Waals surface area contributed by atoms with Crippen molar-refractivity contribution in [2.45, 2.75) is 13.8 Å². The van der Waals surface area contributed by atoms with Crippen LogP contribution >= 0.6 is 0 Å². The molecule has 9 heavy (non-hydrogen) atoms. The molecule has 0 atom stereocenters. The van der Waals surface area contributed by atoms with Gasteiger partial charge in [0.05, 0.1) is 11.9 Å². The molecule has 0 fully saturated rings. The maximum Gasteiger partial charge on any atom is 0.117 e. The maximum absolute atomic E-state index is 3.98. The lowest BCUT2D eigenvalue weighted by Crippen LogP contribution is -1.80. The van der Waals surface area contributed by atoms with Crippen LogP contribution in [-0.2, 0) is 0 Å². The van der Waals surface area contributed by atoms with E-state index < -0.39 is 0 Å². The van der Waals surface area contributed by atoms with Crippen molar-refractivity contribution in [3.05, 3.63) is 18.2 Å². The Morgan fingerprint density at radius 3 is 3.00 bits per heavy atom. The average Bonchev–Trinajstić information content (AvgIpc) is 2.17. The van der Waals surface area contributed by atoms with Gasteiger partial charge in [-0.3, -0.25) is 0 Å². The Morgan fingerprint density at radius 2 is 2.56 bits per heavy atom. The van der Waals surface area contributed by atoms with Crippen LogP contribution in [0.1, 0.15) is 12.6 Å². The van der Waals surface area contributed by atoms with Crippen LogP contribution < -0.4 is 0 Å². The Hall–Kier alpha value is -1.12. The van der Waals surface area contributed by atoms with Gasteiger partial charge in [-0.05, 0) is 13.8 Å². The van der Waals surface area contributed by atoms with E-state index in [0.29, 0.717) is 0 Å². The first-order valence-electron chi connectivity index (χ1n) is 2.82. The van der Waals surface area contributed by atoms with Gasteiger partial charge in [0.15, 0.2) is 0 Å². The fourth-order valence-corrected chi connectivity index (χ4v) is 0.605. The second-order valence-electron chi connectivity index (χ2n) is 1.77. The van der Waals surface area contributed by atoms with Crippen LogP contribution in [0.2, 0.25) is 0 Å². The molecule has 0 spiro atoms. The minimum atomic E-state index is 0.987. The summed E-state index contributed by atoms with van der Waals surface area (Å²) >= 11 is 0. The van der Waals surface area contributed by atoms with Crippen molar-refractivity contribution in [2.75, 3.05) is 0 Å². The van der Waals surface area contributed by atoms with Gasteiger partial charge in [-0.15, -0.1) is 0 Å². The van der Waals surface area contributed by atoms with Gasteiger partial charge < -0.3 is 0 Å². The minimum absolute atomic E-state index is 0.987. The molecule has 0 aliphatic heterocycles. The van der Waals surface area contributed by atoms with Crippen LogP contribution in [0.3, 0.4) is 0 Å². The first-order chi connectivity index (χ1) is 4.33. The first-order valence-corrected chi connectivity index (χ1v) is 2.82. The molecule has 1 aromatic rings. The number of rotatable bonds is 1. The van der Waals surface area contributed by atoms with Gasteiger partial charge >= 0.3 is 0 Å². The molecule has 0 aliphatic rings. The maximum atomic E-state index is 3.98. The normalized spacial score (nSPS) is 10.9. The summed E-state index contributed by atoms with van der Waals surface area (Å²) < 4.78 is 1.68. The molecule has 0 bridgehead atoms. The van der Waals surface area contributed by atoms with Crippen molar-refractivity contribution >= 4 is 6.21 Å². The molecule has 0 N–H and O–H groups in total. The van der Waals surface area contributed by atoms with Crippen LogP contribution in [0.15, 0.2) is 17.6 Å². The van der Waals surface area contributed by atoms with Crippen LogP contribution in [-0.4, -0.2) is 15.9 Å². The summed E-state index contributed by atoms with van der Waals surface area (Å²) in [7, 11) is 0. The van der Waals surface area contributed by atoms with Gasteiger partial charge in [0, 0.05) is 6.21 Å². The van der Waals surface area contributed by atoms with E-state index in [4.69, 9.17) is 0 Å². The SMILES string of the molecule is CC=Nn1cnc(C)c1. The van der Waals surface area contributed by atoms with Gasteiger partial charge in [0.1, 0.15) is 6.33 Å². The number of hydrogen-bond acceptors (Lipinski definition) is 2.